The number of likely N-dealkylation sites (tertiary alicyclic amines) is 1. The SMILES string of the molecule is CCn1nc(-c2ccc(Cl)cc2)nc1CC(=O)N1CCCC1C(=O)OC. The van der Waals surface area contributed by atoms with Gasteiger partial charge in [0, 0.05) is 23.7 Å². The maximum absolute atomic E-state index is 12.7. The van der Waals surface area contributed by atoms with Gasteiger partial charge in [0.15, 0.2) is 5.82 Å². The maximum Gasteiger partial charge on any atom is 0.328 e. The fraction of sp³-hybridized carbons (Fsp3) is 0.444. The third-order valence-corrected chi connectivity index (χ3v) is 4.76. The minimum atomic E-state index is -0.499. The second-order valence-corrected chi connectivity index (χ2v) is 6.56. The number of carbonyl (C=O) groups is 2. The number of aromatic nitrogens is 3. The Morgan fingerprint density at radius 1 is 1.31 bits per heavy atom. The van der Waals surface area contributed by atoms with Crippen molar-refractivity contribution in [3.63, 3.8) is 0 Å². The molecule has 3 rings (SSSR count). The molecule has 1 unspecified atom stereocenters. The van der Waals surface area contributed by atoms with Gasteiger partial charge in [0.1, 0.15) is 11.9 Å². The van der Waals surface area contributed by atoms with Crippen LogP contribution in [-0.4, -0.2) is 51.2 Å². The summed E-state index contributed by atoms with van der Waals surface area (Å²) in [5.41, 5.74) is 0.837. The lowest BCUT2D eigenvalue weighted by molar-refractivity contribution is -0.150. The number of aryl methyl sites for hydroxylation is 1. The van der Waals surface area contributed by atoms with Gasteiger partial charge in [-0.15, -0.1) is 0 Å². The number of ether oxygens (including phenoxy) is 1. The van der Waals surface area contributed by atoms with Gasteiger partial charge in [0.05, 0.1) is 13.5 Å². The van der Waals surface area contributed by atoms with Crippen molar-refractivity contribution < 1.29 is 14.3 Å². The van der Waals surface area contributed by atoms with Crippen LogP contribution in [0, 0.1) is 0 Å². The Kier molecular flexibility index (Phi) is 5.56. The molecule has 1 atom stereocenters. The molecule has 8 heteroatoms. The summed E-state index contributed by atoms with van der Waals surface area (Å²) in [6, 6.07) is 6.74. The van der Waals surface area contributed by atoms with Gasteiger partial charge >= 0.3 is 5.97 Å². The van der Waals surface area contributed by atoms with Crippen molar-refractivity contribution in [1.82, 2.24) is 19.7 Å². The van der Waals surface area contributed by atoms with Crippen LogP contribution in [0.2, 0.25) is 5.02 Å². The number of hydrogen-bond acceptors (Lipinski definition) is 5. The van der Waals surface area contributed by atoms with Crippen molar-refractivity contribution in [3.8, 4) is 11.4 Å². The Morgan fingerprint density at radius 3 is 2.69 bits per heavy atom. The fourth-order valence-corrected chi connectivity index (χ4v) is 3.29. The Bertz CT molecular complexity index is 803. The van der Waals surface area contributed by atoms with Gasteiger partial charge in [-0.25, -0.2) is 14.5 Å². The Hall–Kier alpha value is -2.41. The number of methoxy groups -OCH3 is 1. The molecule has 2 heterocycles. The third-order valence-electron chi connectivity index (χ3n) is 4.51. The molecule has 1 fully saturated rings. The van der Waals surface area contributed by atoms with Crippen molar-refractivity contribution in [2.75, 3.05) is 13.7 Å². The van der Waals surface area contributed by atoms with E-state index in [0.717, 1.165) is 12.0 Å². The summed E-state index contributed by atoms with van der Waals surface area (Å²) in [5.74, 6) is 0.632. The smallest absolute Gasteiger partial charge is 0.328 e. The zero-order valence-corrected chi connectivity index (χ0v) is 15.6. The monoisotopic (exact) mass is 376 g/mol. The van der Waals surface area contributed by atoms with Gasteiger partial charge in [-0.3, -0.25) is 4.79 Å². The standard InChI is InChI=1S/C18H21ClN4O3/c1-3-23-15(20-17(21-23)12-6-8-13(19)9-7-12)11-16(24)22-10-4-5-14(22)18(25)26-2/h6-9,14H,3-5,10-11H2,1-2H3. The molecule has 0 spiro atoms. The number of benzene rings is 1. The Morgan fingerprint density at radius 2 is 2.04 bits per heavy atom. The molecule has 26 heavy (non-hydrogen) atoms. The number of rotatable bonds is 5. The zero-order chi connectivity index (χ0) is 18.7. The average molecular weight is 377 g/mol. The molecule has 2 aromatic rings. The number of nitrogens with zero attached hydrogens (tertiary/aromatic N) is 4. The lowest BCUT2D eigenvalue weighted by Crippen LogP contribution is -2.42. The van der Waals surface area contributed by atoms with Crippen LogP contribution in [0.25, 0.3) is 11.4 Å². The first-order chi connectivity index (χ1) is 12.5. The highest BCUT2D eigenvalue weighted by atomic mass is 35.5. The molecule has 1 aliphatic rings. The average Bonchev–Trinajstić information content (AvgIpc) is 3.28. The van der Waals surface area contributed by atoms with Crippen LogP contribution in [-0.2, 0) is 27.3 Å². The van der Waals surface area contributed by atoms with Crippen LogP contribution in [0.3, 0.4) is 0 Å². The molecular weight excluding hydrogens is 356 g/mol. The second-order valence-electron chi connectivity index (χ2n) is 6.12. The van der Waals surface area contributed by atoms with Crippen molar-refractivity contribution in [2.24, 2.45) is 0 Å². The molecule has 1 aromatic heterocycles. The van der Waals surface area contributed by atoms with Crippen molar-refractivity contribution >= 4 is 23.5 Å². The molecule has 1 aliphatic heterocycles. The van der Waals surface area contributed by atoms with Crippen molar-refractivity contribution in [3.05, 3.63) is 35.1 Å². The van der Waals surface area contributed by atoms with Gasteiger partial charge < -0.3 is 9.64 Å². The summed E-state index contributed by atoms with van der Waals surface area (Å²) in [5, 5.41) is 5.12. The number of carbonyl (C=O) groups excluding carboxylic acids is 2. The number of esters is 1. The second kappa shape index (κ2) is 7.86. The van der Waals surface area contributed by atoms with Crippen molar-refractivity contribution in [1.29, 1.82) is 0 Å². The third kappa shape index (κ3) is 3.72. The molecule has 0 radical (unpaired) electrons. The van der Waals surface area contributed by atoms with E-state index in [4.69, 9.17) is 16.3 Å². The van der Waals surface area contributed by atoms with E-state index >= 15 is 0 Å². The molecule has 1 amide bonds. The summed E-state index contributed by atoms with van der Waals surface area (Å²) < 4.78 is 6.52. The Balaban J connectivity index is 1.80. The predicted molar refractivity (Wildman–Crippen MR) is 96.6 cm³/mol. The molecule has 7 nitrogen and oxygen atoms in total. The van der Waals surface area contributed by atoms with E-state index in [1.165, 1.54) is 7.11 Å². The summed E-state index contributed by atoms with van der Waals surface area (Å²) >= 11 is 5.92. The van der Waals surface area contributed by atoms with Crippen LogP contribution in [0.15, 0.2) is 24.3 Å². The first-order valence-electron chi connectivity index (χ1n) is 8.60. The highest BCUT2D eigenvalue weighted by Crippen LogP contribution is 2.22. The first-order valence-corrected chi connectivity index (χ1v) is 8.98. The zero-order valence-electron chi connectivity index (χ0n) is 14.8. The minimum Gasteiger partial charge on any atom is -0.467 e. The molecule has 0 aliphatic carbocycles. The van der Waals surface area contributed by atoms with Gasteiger partial charge in [0.2, 0.25) is 5.91 Å². The van der Waals surface area contributed by atoms with E-state index in [1.54, 1.807) is 21.7 Å². The molecule has 1 saturated heterocycles. The normalized spacial score (nSPS) is 16.7. The van der Waals surface area contributed by atoms with Gasteiger partial charge in [-0.2, -0.15) is 5.10 Å². The Labute approximate surface area is 156 Å². The van der Waals surface area contributed by atoms with Gasteiger partial charge in [0.25, 0.3) is 0 Å². The van der Waals surface area contributed by atoms with E-state index in [9.17, 15) is 9.59 Å². The molecule has 0 saturated carbocycles. The molecule has 138 valence electrons. The number of hydrogen-bond donors (Lipinski definition) is 0. The topological polar surface area (TPSA) is 77.3 Å². The van der Waals surface area contributed by atoms with Crippen LogP contribution in [0.4, 0.5) is 0 Å². The van der Waals surface area contributed by atoms with Crippen LogP contribution >= 0.6 is 11.6 Å². The quantitative estimate of drug-likeness (QED) is 0.748. The van der Waals surface area contributed by atoms with E-state index in [0.29, 0.717) is 36.2 Å². The van der Waals surface area contributed by atoms with E-state index in [-0.39, 0.29) is 18.3 Å². The highest BCUT2D eigenvalue weighted by molar-refractivity contribution is 6.30. The molecule has 0 bridgehead atoms. The minimum absolute atomic E-state index is 0.0991. The summed E-state index contributed by atoms with van der Waals surface area (Å²) in [6.45, 7) is 3.11. The van der Waals surface area contributed by atoms with Crippen LogP contribution in [0.1, 0.15) is 25.6 Å². The molecule has 1 aromatic carbocycles. The van der Waals surface area contributed by atoms with Gasteiger partial charge in [-0.1, -0.05) is 11.6 Å². The summed E-state index contributed by atoms with van der Waals surface area (Å²) in [6.07, 6.45) is 1.53. The maximum atomic E-state index is 12.7. The van der Waals surface area contributed by atoms with Crippen LogP contribution < -0.4 is 0 Å². The first kappa shape index (κ1) is 18.4. The number of amides is 1. The van der Waals surface area contributed by atoms with Crippen LogP contribution in [0.5, 0.6) is 0 Å². The van der Waals surface area contributed by atoms with E-state index < -0.39 is 6.04 Å². The fourth-order valence-electron chi connectivity index (χ4n) is 3.16. The molecular formula is C18H21ClN4O3. The molecule has 0 N–H and O–H groups in total. The van der Waals surface area contributed by atoms with E-state index in [2.05, 4.69) is 10.1 Å². The van der Waals surface area contributed by atoms with Crippen molar-refractivity contribution in [2.45, 2.75) is 38.8 Å². The lowest BCUT2D eigenvalue weighted by atomic mass is 10.2. The van der Waals surface area contributed by atoms with E-state index in [1.807, 2.05) is 19.1 Å². The number of halogens is 1. The lowest BCUT2D eigenvalue weighted by Gasteiger charge is -2.22. The predicted octanol–water partition coefficient (Wildman–Crippen LogP) is 2.32. The highest BCUT2D eigenvalue weighted by Gasteiger charge is 2.35. The van der Waals surface area contributed by atoms with Gasteiger partial charge in [-0.05, 0) is 44.0 Å². The largest absolute Gasteiger partial charge is 0.467 e. The summed E-state index contributed by atoms with van der Waals surface area (Å²) in [7, 11) is 1.34. The summed E-state index contributed by atoms with van der Waals surface area (Å²) in [4.78, 5) is 30.7.